The van der Waals surface area contributed by atoms with Gasteiger partial charge in [-0.1, -0.05) is 12.5 Å². The molecule has 1 saturated heterocycles. The maximum absolute atomic E-state index is 15.0. The molecule has 3 aromatic rings. The van der Waals surface area contributed by atoms with Gasteiger partial charge in [-0.25, -0.2) is 13.8 Å². The molecule has 3 heterocycles. The van der Waals surface area contributed by atoms with Gasteiger partial charge >= 0.3 is 0 Å². The first-order chi connectivity index (χ1) is 20.4. The van der Waals surface area contributed by atoms with Gasteiger partial charge in [0.05, 0.1) is 37.5 Å². The van der Waals surface area contributed by atoms with Crippen LogP contribution in [-0.2, 0) is 11.3 Å². The first-order valence-electron chi connectivity index (χ1n) is 13.9. The molecule has 0 bridgehead atoms. The Hall–Kier alpha value is -4.23. The van der Waals surface area contributed by atoms with Crippen molar-refractivity contribution in [3.05, 3.63) is 59.9 Å². The fraction of sp³-hybridized carbons (Fsp3) is 0.414. The molecular formula is C29H35F2N7O4. The van der Waals surface area contributed by atoms with Gasteiger partial charge in [0.15, 0.2) is 23.1 Å². The molecule has 5 rings (SSSR count). The second kappa shape index (κ2) is 13.2. The van der Waals surface area contributed by atoms with Crippen LogP contribution in [0.25, 0.3) is 0 Å². The molecule has 1 aromatic heterocycles. The van der Waals surface area contributed by atoms with Crippen LogP contribution in [0.5, 0.6) is 11.5 Å². The summed E-state index contributed by atoms with van der Waals surface area (Å²) in [6, 6.07) is 7.84. The van der Waals surface area contributed by atoms with E-state index < -0.39 is 17.5 Å². The minimum atomic E-state index is -1.01. The van der Waals surface area contributed by atoms with Gasteiger partial charge in [-0.05, 0) is 44.0 Å². The van der Waals surface area contributed by atoms with Gasteiger partial charge in [0.1, 0.15) is 24.7 Å². The third kappa shape index (κ3) is 6.47. The number of aromatic nitrogens is 2. The molecule has 1 fully saturated rings. The van der Waals surface area contributed by atoms with Gasteiger partial charge in [-0.3, -0.25) is 14.4 Å². The van der Waals surface area contributed by atoms with E-state index in [1.165, 1.54) is 41.4 Å². The van der Waals surface area contributed by atoms with Gasteiger partial charge in [-0.15, -0.1) is 0 Å². The van der Waals surface area contributed by atoms with E-state index in [2.05, 4.69) is 15.3 Å². The fourth-order valence-electron chi connectivity index (χ4n) is 5.45. The molecule has 2 aliphatic rings. The Balaban J connectivity index is 1.46. The lowest BCUT2D eigenvalue weighted by Crippen LogP contribution is -2.42. The Morgan fingerprint density at radius 2 is 2.12 bits per heavy atom. The lowest BCUT2D eigenvalue weighted by molar-refractivity contribution is -0.118. The highest BCUT2D eigenvalue weighted by Gasteiger charge is 2.29. The first kappa shape index (κ1) is 29.3. The number of nitrogens with two attached hydrogens (primary N) is 1. The lowest BCUT2D eigenvalue weighted by atomic mass is 10.00. The van der Waals surface area contributed by atoms with Gasteiger partial charge < -0.3 is 30.5 Å². The molecule has 13 heteroatoms. The zero-order chi connectivity index (χ0) is 29.6. The Labute approximate surface area is 242 Å². The standard InChI is InChI=1S/C29H35F2N7O4/c1-41-25-13-21-23(14-26(25)42-12-10-36-9-3-2-5-20(36)8-11-39)33-18-38(24-7-4-6-22(30)28(24)31)29(21)35-19-15-34-37(16-19)17-27(32)40/h4,6-7,13-16,20,33,39H,2-3,5,8-12,17-18H2,1H3,(H2,32,40)/t20-/m1/s1. The minimum absolute atomic E-state index is 0.00492. The number of hydrogen-bond acceptors (Lipinski definition) is 8. The van der Waals surface area contributed by atoms with Crippen molar-refractivity contribution in [3.63, 3.8) is 0 Å². The largest absolute Gasteiger partial charge is 0.493 e. The molecule has 0 spiro atoms. The molecule has 224 valence electrons. The van der Waals surface area contributed by atoms with Crippen molar-refractivity contribution in [2.75, 3.05) is 50.3 Å². The molecule has 0 saturated carbocycles. The van der Waals surface area contributed by atoms with Crippen LogP contribution in [0.3, 0.4) is 0 Å². The Morgan fingerprint density at radius 1 is 1.26 bits per heavy atom. The highest BCUT2D eigenvalue weighted by atomic mass is 19.2. The average Bonchev–Trinajstić information content (AvgIpc) is 3.41. The first-order valence-corrected chi connectivity index (χ1v) is 13.9. The number of likely N-dealkylation sites (tertiary alicyclic amines) is 1. The number of aliphatic imine (C=N–C) groups is 1. The van der Waals surface area contributed by atoms with E-state index in [4.69, 9.17) is 20.2 Å². The van der Waals surface area contributed by atoms with E-state index >= 15 is 0 Å². The van der Waals surface area contributed by atoms with E-state index in [1.807, 2.05) is 0 Å². The zero-order valence-corrected chi connectivity index (χ0v) is 23.4. The monoisotopic (exact) mass is 583 g/mol. The summed E-state index contributed by atoms with van der Waals surface area (Å²) in [6.45, 7) is 2.24. The maximum Gasteiger partial charge on any atom is 0.239 e. The van der Waals surface area contributed by atoms with E-state index in [9.17, 15) is 18.7 Å². The van der Waals surface area contributed by atoms with E-state index in [0.29, 0.717) is 53.5 Å². The zero-order valence-electron chi connectivity index (χ0n) is 23.4. The SMILES string of the molecule is COc1cc2c(cc1OCCN1CCCC[C@@H]1CCO)NCN(c1cccc(F)c1F)C2=Nc1cnn(CC(N)=O)c1. The van der Waals surface area contributed by atoms with Crippen molar-refractivity contribution in [2.45, 2.75) is 38.3 Å². The number of rotatable bonds is 11. The number of primary amides is 1. The topological polar surface area (TPSA) is 130 Å². The summed E-state index contributed by atoms with van der Waals surface area (Å²) in [5, 5.41) is 16.8. The predicted octanol–water partition coefficient (Wildman–Crippen LogP) is 3.24. The van der Waals surface area contributed by atoms with Crippen LogP contribution in [0.15, 0.2) is 47.7 Å². The van der Waals surface area contributed by atoms with E-state index in [0.717, 1.165) is 31.9 Å². The molecule has 0 aliphatic carbocycles. The molecule has 0 radical (unpaired) electrons. The summed E-state index contributed by atoms with van der Waals surface area (Å²) in [6.07, 6.45) is 7.10. The average molecular weight is 584 g/mol. The third-order valence-electron chi connectivity index (χ3n) is 7.47. The molecule has 1 amide bonds. The Kier molecular flexibility index (Phi) is 9.18. The second-order valence-corrected chi connectivity index (χ2v) is 10.2. The lowest BCUT2D eigenvalue weighted by Gasteiger charge is -2.35. The number of anilines is 2. The molecule has 2 aromatic carbocycles. The third-order valence-corrected chi connectivity index (χ3v) is 7.47. The van der Waals surface area contributed by atoms with Crippen LogP contribution in [0.4, 0.5) is 25.8 Å². The van der Waals surface area contributed by atoms with Gasteiger partial charge in [0, 0.05) is 30.8 Å². The van der Waals surface area contributed by atoms with E-state index in [1.54, 1.807) is 18.3 Å². The van der Waals surface area contributed by atoms with Crippen LogP contribution in [0.1, 0.15) is 31.2 Å². The molecule has 11 nitrogen and oxygen atoms in total. The molecular weight excluding hydrogens is 548 g/mol. The summed E-state index contributed by atoms with van der Waals surface area (Å²) >= 11 is 0. The normalized spacial score (nSPS) is 18.0. The quantitative estimate of drug-likeness (QED) is 0.314. The van der Waals surface area contributed by atoms with Gasteiger partial charge in [0.2, 0.25) is 5.91 Å². The molecule has 42 heavy (non-hydrogen) atoms. The molecule has 4 N–H and O–H groups in total. The number of hydrogen-bond donors (Lipinski definition) is 3. The summed E-state index contributed by atoms with van der Waals surface area (Å²) in [7, 11) is 1.53. The Morgan fingerprint density at radius 3 is 2.90 bits per heavy atom. The molecule has 2 aliphatic heterocycles. The fourth-order valence-corrected chi connectivity index (χ4v) is 5.45. The smallest absolute Gasteiger partial charge is 0.239 e. The number of piperidine rings is 1. The van der Waals surface area contributed by atoms with Crippen LogP contribution in [0.2, 0.25) is 0 Å². The van der Waals surface area contributed by atoms with Crippen molar-refractivity contribution in [1.82, 2.24) is 14.7 Å². The van der Waals surface area contributed by atoms with Crippen molar-refractivity contribution in [3.8, 4) is 11.5 Å². The number of nitrogens with one attached hydrogen (secondary N) is 1. The van der Waals surface area contributed by atoms with Crippen molar-refractivity contribution in [1.29, 1.82) is 0 Å². The maximum atomic E-state index is 15.0. The van der Waals surface area contributed by atoms with Crippen molar-refractivity contribution < 1.29 is 28.2 Å². The number of ether oxygens (including phenoxy) is 2. The van der Waals surface area contributed by atoms with Crippen molar-refractivity contribution in [2.24, 2.45) is 10.7 Å². The number of amidine groups is 1. The summed E-state index contributed by atoms with van der Waals surface area (Å²) in [5.74, 6) is -1.27. The summed E-state index contributed by atoms with van der Waals surface area (Å²) in [4.78, 5) is 19.9. The number of halogens is 2. The predicted molar refractivity (Wildman–Crippen MR) is 154 cm³/mol. The van der Waals surface area contributed by atoms with Gasteiger partial charge in [0.25, 0.3) is 0 Å². The van der Waals surface area contributed by atoms with Crippen LogP contribution < -0.4 is 25.4 Å². The number of amides is 1. The number of aliphatic hydroxyl groups excluding tert-OH is 1. The minimum Gasteiger partial charge on any atom is -0.493 e. The molecule has 1 atom stereocenters. The second-order valence-electron chi connectivity index (χ2n) is 10.2. The van der Waals surface area contributed by atoms with Crippen LogP contribution in [0, 0.1) is 11.6 Å². The number of benzene rings is 2. The van der Waals surface area contributed by atoms with Gasteiger partial charge in [-0.2, -0.15) is 5.10 Å². The highest BCUT2D eigenvalue weighted by molar-refractivity contribution is 6.16. The van der Waals surface area contributed by atoms with Crippen LogP contribution >= 0.6 is 0 Å². The summed E-state index contributed by atoms with van der Waals surface area (Å²) < 4.78 is 42.4. The summed E-state index contributed by atoms with van der Waals surface area (Å²) in [5.41, 5.74) is 6.90. The number of fused-ring (bicyclic) bond motifs is 1. The Bertz CT molecular complexity index is 1450. The van der Waals surface area contributed by atoms with E-state index in [-0.39, 0.29) is 25.5 Å². The number of nitrogens with zero attached hydrogens (tertiary/aromatic N) is 5. The van der Waals surface area contributed by atoms with Crippen LogP contribution in [-0.4, -0.2) is 77.7 Å². The van der Waals surface area contributed by atoms with Crippen molar-refractivity contribution >= 4 is 28.8 Å². The number of carbonyl (C=O) groups excluding carboxylic acids is 1. The number of methoxy groups -OCH3 is 1. The number of aliphatic hydroxyl groups is 1. The molecule has 0 unspecified atom stereocenters. The highest BCUT2D eigenvalue weighted by Crippen LogP contribution is 2.38. The number of carbonyl (C=O) groups is 1.